The lowest BCUT2D eigenvalue weighted by molar-refractivity contribution is -0.138. The molecule has 28 heavy (non-hydrogen) atoms. The molecular weight excluding hydrogens is 356 g/mol. The first-order valence-corrected chi connectivity index (χ1v) is 9.74. The van der Waals surface area contributed by atoms with Crippen LogP contribution in [0.1, 0.15) is 30.1 Å². The second kappa shape index (κ2) is 6.50. The predicted octanol–water partition coefficient (Wildman–Crippen LogP) is 2.68. The van der Waals surface area contributed by atoms with E-state index in [4.69, 9.17) is 9.47 Å². The minimum absolute atomic E-state index is 0.0146. The Morgan fingerprint density at radius 1 is 1.25 bits per heavy atom. The van der Waals surface area contributed by atoms with Crippen LogP contribution in [-0.4, -0.2) is 52.8 Å². The zero-order chi connectivity index (χ0) is 19.3. The van der Waals surface area contributed by atoms with Crippen molar-refractivity contribution in [3.05, 3.63) is 59.7 Å². The van der Waals surface area contributed by atoms with Crippen LogP contribution in [-0.2, 0) is 16.1 Å². The first kappa shape index (κ1) is 17.5. The van der Waals surface area contributed by atoms with Gasteiger partial charge in [-0.1, -0.05) is 30.3 Å². The molecule has 3 fully saturated rings. The molecule has 0 aromatic heterocycles. The van der Waals surface area contributed by atoms with Crippen molar-refractivity contribution in [2.75, 3.05) is 20.2 Å². The molecule has 3 aliphatic rings. The molecule has 3 saturated heterocycles. The summed E-state index contributed by atoms with van der Waals surface area (Å²) in [6.07, 6.45) is 1.19. The van der Waals surface area contributed by atoms with Crippen molar-refractivity contribution < 1.29 is 19.4 Å². The largest absolute Gasteiger partial charge is 0.508 e. The van der Waals surface area contributed by atoms with Gasteiger partial charge in [0.1, 0.15) is 17.6 Å². The zero-order valence-corrected chi connectivity index (χ0v) is 15.9. The molecular formula is C22H24N2O4. The first-order chi connectivity index (χ1) is 13.6. The number of amides is 1. The Labute approximate surface area is 164 Å². The van der Waals surface area contributed by atoms with E-state index in [9.17, 15) is 9.90 Å². The summed E-state index contributed by atoms with van der Waals surface area (Å²) in [7, 11) is 1.63. The first-order valence-electron chi connectivity index (χ1n) is 9.74. The monoisotopic (exact) mass is 380 g/mol. The number of benzene rings is 2. The highest BCUT2D eigenvalue weighted by atomic mass is 16.5. The molecule has 6 nitrogen and oxygen atoms in total. The highest BCUT2D eigenvalue weighted by Crippen LogP contribution is 2.51. The Morgan fingerprint density at radius 2 is 2.07 bits per heavy atom. The third-order valence-electron chi connectivity index (χ3n) is 6.35. The molecule has 146 valence electrons. The molecule has 0 radical (unpaired) electrons. The highest BCUT2D eigenvalue weighted by molar-refractivity contribution is 5.81. The molecule has 0 aliphatic carbocycles. The fourth-order valence-corrected chi connectivity index (χ4v) is 5.05. The van der Waals surface area contributed by atoms with Gasteiger partial charge in [0.05, 0.1) is 19.7 Å². The summed E-state index contributed by atoms with van der Waals surface area (Å²) in [5, 5.41) is 9.89. The van der Waals surface area contributed by atoms with Crippen LogP contribution in [0.5, 0.6) is 11.5 Å². The number of aromatic hydroxyl groups is 1. The SMILES string of the molecule is COc1ccc(O)cc1CN1CC[C@@]23O[C@H](c4ccccc4)CN2C(=O)C[C@@H]13. The van der Waals surface area contributed by atoms with Crippen molar-refractivity contribution in [1.29, 1.82) is 0 Å². The number of nitrogens with zero attached hydrogens (tertiary/aromatic N) is 2. The maximum absolute atomic E-state index is 12.8. The zero-order valence-electron chi connectivity index (χ0n) is 15.9. The smallest absolute Gasteiger partial charge is 0.226 e. The normalized spacial score (nSPS) is 29.2. The van der Waals surface area contributed by atoms with E-state index >= 15 is 0 Å². The molecule has 1 spiro atoms. The Morgan fingerprint density at radius 3 is 2.86 bits per heavy atom. The number of ether oxygens (including phenoxy) is 2. The number of phenols is 1. The van der Waals surface area contributed by atoms with Crippen LogP contribution >= 0.6 is 0 Å². The molecule has 2 aromatic rings. The standard InChI is InChI=1S/C22H24N2O4/c1-27-18-8-7-17(25)11-16(18)13-23-10-9-22-20(23)12-21(26)24(22)14-19(28-22)15-5-3-2-4-6-15/h2-8,11,19-20,25H,9-10,12-14H2,1H3/t19-,20+,22-/m0/s1. The van der Waals surface area contributed by atoms with Gasteiger partial charge in [0.25, 0.3) is 0 Å². The van der Waals surface area contributed by atoms with Gasteiger partial charge in [-0.3, -0.25) is 9.69 Å². The summed E-state index contributed by atoms with van der Waals surface area (Å²) in [5.41, 5.74) is 1.50. The fourth-order valence-electron chi connectivity index (χ4n) is 5.05. The molecule has 0 bridgehead atoms. The number of hydrogen-bond acceptors (Lipinski definition) is 5. The van der Waals surface area contributed by atoms with E-state index in [1.165, 1.54) is 0 Å². The number of hydrogen-bond donors (Lipinski definition) is 1. The van der Waals surface area contributed by atoms with Crippen LogP contribution in [0.2, 0.25) is 0 Å². The van der Waals surface area contributed by atoms with Gasteiger partial charge >= 0.3 is 0 Å². The second-order valence-electron chi connectivity index (χ2n) is 7.80. The van der Waals surface area contributed by atoms with Crippen molar-refractivity contribution >= 4 is 5.91 Å². The van der Waals surface area contributed by atoms with E-state index < -0.39 is 5.72 Å². The van der Waals surface area contributed by atoms with Crippen molar-refractivity contribution in [2.24, 2.45) is 0 Å². The summed E-state index contributed by atoms with van der Waals surface area (Å²) >= 11 is 0. The summed E-state index contributed by atoms with van der Waals surface area (Å²) in [5.74, 6) is 1.13. The van der Waals surface area contributed by atoms with Crippen molar-refractivity contribution in [3.8, 4) is 11.5 Å². The third kappa shape index (κ3) is 2.59. The van der Waals surface area contributed by atoms with E-state index in [2.05, 4.69) is 17.0 Å². The van der Waals surface area contributed by atoms with Crippen molar-refractivity contribution in [1.82, 2.24) is 9.80 Å². The number of carbonyl (C=O) groups excluding carboxylic acids is 1. The predicted molar refractivity (Wildman–Crippen MR) is 103 cm³/mol. The Bertz CT molecular complexity index is 903. The van der Waals surface area contributed by atoms with Gasteiger partial charge < -0.3 is 19.5 Å². The number of carbonyl (C=O) groups is 1. The van der Waals surface area contributed by atoms with Crippen LogP contribution in [0.25, 0.3) is 0 Å². The van der Waals surface area contributed by atoms with E-state index in [0.717, 1.165) is 29.8 Å². The van der Waals surface area contributed by atoms with Crippen LogP contribution in [0, 0.1) is 0 Å². The Hall–Kier alpha value is -2.57. The lowest BCUT2D eigenvalue weighted by atomic mass is 10.1. The minimum atomic E-state index is -0.540. The van der Waals surface area contributed by atoms with Crippen LogP contribution in [0.3, 0.4) is 0 Å². The number of methoxy groups -OCH3 is 1. The average molecular weight is 380 g/mol. The van der Waals surface area contributed by atoms with Gasteiger partial charge in [-0.25, -0.2) is 0 Å². The van der Waals surface area contributed by atoms with E-state index in [1.54, 1.807) is 25.3 Å². The van der Waals surface area contributed by atoms with Gasteiger partial charge in [0.2, 0.25) is 5.91 Å². The maximum atomic E-state index is 12.8. The summed E-state index contributed by atoms with van der Waals surface area (Å²) in [6.45, 7) is 2.07. The van der Waals surface area contributed by atoms with E-state index in [0.29, 0.717) is 19.5 Å². The second-order valence-corrected chi connectivity index (χ2v) is 7.80. The highest BCUT2D eigenvalue weighted by Gasteiger charge is 2.63. The molecule has 0 unspecified atom stereocenters. The average Bonchev–Trinajstić information content (AvgIpc) is 3.32. The molecule has 3 heterocycles. The molecule has 1 N–H and O–H groups in total. The lowest BCUT2D eigenvalue weighted by Gasteiger charge is -2.32. The van der Waals surface area contributed by atoms with Crippen LogP contribution in [0.4, 0.5) is 0 Å². The summed E-state index contributed by atoms with van der Waals surface area (Å²) in [6, 6.07) is 15.3. The van der Waals surface area contributed by atoms with E-state index in [-0.39, 0.29) is 23.8 Å². The number of phenolic OH excluding ortho intramolecular Hbond substituents is 1. The van der Waals surface area contributed by atoms with Crippen molar-refractivity contribution in [2.45, 2.75) is 37.3 Å². The molecule has 1 amide bonds. The van der Waals surface area contributed by atoms with E-state index in [1.807, 2.05) is 23.1 Å². The van der Waals surface area contributed by atoms with Gasteiger partial charge in [0, 0.05) is 31.5 Å². The van der Waals surface area contributed by atoms with Gasteiger partial charge in [-0.2, -0.15) is 0 Å². The molecule has 3 atom stereocenters. The van der Waals surface area contributed by atoms with Crippen LogP contribution in [0.15, 0.2) is 48.5 Å². The quantitative estimate of drug-likeness (QED) is 0.884. The molecule has 0 saturated carbocycles. The fraction of sp³-hybridized carbons (Fsp3) is 0.409. The molecule has 6 heteroatoms. The minimum Gasteiger partial charge on any atom is -0.508 e. The topological polar surface area (TPSA) is 62.2 Å². The molecule has 3 aliphatic heterocycles. The summed E-state index contributed by atoms with van der Waals surface area (Å²) in [4.78, 5) is 17.0. The number of rotatable bonds is 4. The third-order valence-corrected chi connectivity index (χ3v) is 6.35. The van der Waals surface area contributed by atoms with Gasteiger partial charge in [-0.15, -0.1) is 0 Å². The Balaban J connectivity index is 1.41. The summed E-state index contributed by atoms with van der Waals surface area (Å²) < 4.78 is 12.0. The molecule has 5 rings (SSSR count). The lowest BCUT2D eigenvalue weighted by Crippen LogP contribution is -2.47. The van der Waals surface area contributed by atoms with Crippen LogP contribution < -0.4 is 4.74 Å². The van der Waals surface area contributed by atoms with Crippen molar-refractivity contribution in [3.63, 3.8) is 0 Å². The Kier molecular flexibility index (Phi) is 4.07. The number of likely N-dealkylation sites (tertiary alicyclic amines) is 1. The maximum Gasteiger partial charge on any atom is 0.226 e. The van der Waals surface area contributed by atoms with Gasteiger partial charge in [-0.05, 0) is 23.8 Å². The van der Waals surface area contributed by atoms with Gasteiger partial charge in [0.15, 0.2) is 5.72 Å². The molecule has 2 aromatic carbocycles.